The normalized spacial score (nSPS) is 11.6. The Morgan fingerprint density at radius 1 is 1.21 bits per heavy atom. The highest BCUT2D eigenvalue weighted by molar-refractivity contribution is 7.10. The number of hydrogen-bond donors (Lipinski definition) is 1. The molecule has 0 radical (unpaired) electrons. The van der Waals surface area contributed by atoms with Crippen molar-refractivity contribution in [1.82, 2.24) is 4.90 Å². The number of thiophene rings is 2. The van der Waals surface area contributed by atoms with Crippen LogP contribution >= 0.6 is 35.1 Å². The molecule has 0 spiro atoms. The van der Waals surface area contributed by atoms with Crippen molar-refractivity contribution in [3.8, 4) is 0 Å². The Labute approximate surface area is 158 Å². The van der Waals surface area contributed by atoms with Gasteiger partial charge in [0.25, 0.3) is 0 Å². The number of hydrogen-bond acceptors (Lipinski definition) is 5. The summed E-state index contributed by atoms with van der Waals surface area (Å²) in [6.45, 7) is 3.55. The predicted molar refractivity (Wildman–Crippen MR) is 104 cm³/mol. The number of carbonyl (C=O) groups excluding carboxylic acids is 1. The van der Waals surface area contributed by atoms with Crippen molar-refractivity contribution in [2.45, 2.75) is 45.3 Å². The fourth-order valence-electron chi connectivity index (χ4n) is 2.19. The number of nitrogens with zero attached hydrogens (tertiary/aromatic N) is 1. The van der Waals surface area contributed by atoms with Crippen LogP contribution in [0, 0.1) is 0 Å². The Kier molecular flexibility index (Phi) is 10.0. The summed E-state index contributed by atoms with van der Waals surface area (Å²) in [5, 5.41) is 4.04. The summed E-state index contributed by atoms with van der Waals surface area (Å²) >= 11 is 3.29. The number of halogens is 1. The van der Waals surface area contributed by atoms with Crippen LogP contribution in [0.1, 0.15) is 35.9 Å². The monoisotopic (exact) mass is 388 g/mol. The van der Waals surface area contributed by atoms with E-state index in [2.05, 4.69) is 6.92 Å². The molecule has 0 bridgehead atoms. The van der Waals surface area contributed by atoms with Gasteiger partial charge in [0, 0.05) is 15.8 Å². The topological polar surface area (TPSA) is 55.6 Å². The van der Waals surface area contributed by atoms with Gasteiger partial charge < -0.3 is 10.5 Å². The van der Waals surface area contributed by atoms with Crippen molar-refractivity contribution >= 4 is 41.2 Å². The highest BCUT2D eigenvalue weighted by Crippen LogP contribution is 2.18. The minimum Gasteiger partial charge on any atom is -0.448 e. The van der Waals surface area contributed by atoms with Gasteiger partial charge in [-0.3, -0.25) is 4.90 Å². The second kappa shape index (κ2) is 11.5. The van der Waals surface area contributed by atoms with Gasteiger partial charge in [-0.05, 0) is 29.3 Å². The third-order valence-electron chi connectivity index (χ3n) is 3.46. The fraction of sp³-hybridized carbons (Fsp3) is 0.471. The smallest absolute Gasteiger partial charge is 0.410 e. The third-order valence-corrected chi connectivity index (χ3v) is 5.18. The van der Waals surface area contributed by atoms with Crippen LogP contribution in [0.4, 0.5) is 4.79 Å². The maximum atomic E-state index is 12.4. The van der Waals surface area contributed by atoms with E-state index in [-0.39, 0.29) is 31.1 Å². The van der Waals surface area contributed by atoms with Gasteiger partial charge in [0.2, 0.25) is 0 Å². The second-order valence-corrected chi connectivity index (χ2v) is 7.56. The molecule has 4 nitrogen and oxygen atoms in total. The summed E-state index contributed by atoms with van der Waals surface area (Å²) in [6.07, 6.45) is 2.76. The van der Waals surface area contributed by atoms with Crippen molar-refractivity contribution in [3.63, 3.8) is 0 Å². The Morgan fingerprint density at radius 2 is 1.79 bits per heavy atom. The van der Waals surface area contributed by atoms with E-state index in [0.717, 1.165) is 29.0 Å². The molecule has 1 atom stereocenters. The van der Waals surface area contributed by atoms with Gasteiger partial charge in [0.15, 0.2) is 0 Å². The lowest BCUT2D eigenvalue weighted by Crippen LogP contribution is -2.34. The van der Waals surface area contributed by atoms with E-state index in [1.165, 1.54) is 0 Å². The average molecular weight is 389 g/mol. The first-order chi connectivity index (χ1) is 11.2. The Hall–Kier alpha value is -1.08. The van der Waals surface area contributed by atoms with Crippen LogP contribution < -0.4 is 5.73 Å². The lowest BCUT2D eigenvalue weighted by Gasteiger charge is -2.22. The minimum atomic E-state index is -0.293. The lowest BCUT2D eigenvalue weighted by atomic mass is 10.1. The van der Waals surface area contributed by atoms with Gasteiger partial charge in [-0.2, -0.15) is 0 Å². The summed E-state index contributed by atoms with van der Waals surface area (Å²) in [6, 6.07) is 7.98. The van der Waals surface area contributed by atoms with Crippen molar-refractivity contribution in [2.24, 2.45) is 5.73 Å². The molecule has 2 heterocycles. The average Bonchev–Trinajstić information content (AvgIpc) is 3.23. The first-order valence-electron chi connectivity index (χ1n) is 7.91. The minimum absolute atomic E-state index is 0. The molecule has 1 unspecified atom stereocenters. The summed E-state index contributed by atoms with van der Waals surface area (Å²) in [5.74, 6) is 0. The van der Waals surface area contributed by atoms with Gasteiger partial charge in [0.05, 0.1) is 13.1 Å². The Bertz CT molecular complexity index is 525. The van der Waals surface area contributed by atoms with Gasteiger partial charge in [0.1, 0.15) is 6.61 Å². The van der Waals surface area contributed by atoms with Gasteiger partial charge in [-0.25, -0.2) is 4.79 Å². The number of ether oxygens (including phenoxy) is 1. The van der Waals surface area contributed by atoms with Crippen LogP contribution in [0.15, 0.2) is 35.0 Å². The fourth-order valence-corrected chi connectivity index (χ4v) is 3.62. The largest absolute Gasteiger partial charge is 0.448 e. The van der Waals surface area contributed by atoms with Crippen LogP contribution in [0.2, 0.25) is 0 Å². The zero-order valence-electron chi connectivity index (χ0n) is 13.8. The van der Waals surface area contributed by atoms with E-state index >= 15 is 0 Å². The van der Waals surface area contributed by atoms with E-state index in [1.54, 1.807) is 27.6 Å². The number of carbonyl (C=O) groups is 1. The molecule has 1 amide bonds. The molecule has 24 heavy (non-hydrogen) atoms. The molecule has 2 aromatic rings. The van der Waals surface area contributed by atoms with Crippen molar-refractivity contribution in [1.29, 1.82) is 0 Å². The van der Waals surface area contributed by atoms with Crippen LogP contribution in [0.3, 0.4) is 0 Å². The van der Waals surface area contributed by atoms with Gasteiger partial charge >= 0.3 is 6.09 Å². The van der Waals surface area contributed by atoms with E-state index in [9.17, 15) is 4.79 Å². The molecule has 2 N–H and O–H groups in total. The van der Waals surface area contributed by atoms with E-state index in [0.29, 0.717) is 13.1 Å². The Balaban J connectivity index is 0.00000288. The molecule has 7 heteroatoms. The standard InChI is InChI=1S/C17H24N2O2S2.ClH/c1-2-3-6-14(18)13-21-17(20)19(11-15-7-4-9-22-15)12-16-8-5-10-23-16;/h4-5,7-10,14H,2-3,6,11-13,18H2,1H3;1H. The summed E-state index contributed by atoms with van der Waals surface area (Å²) < 4.78 is 5.43. The maximum Gasteiger partial charge on any atom is 0.410 e. The number of nitrogens with two attached hydrogens (primary N) is 1. The SMILES string of the molecule is CCCCC(N)COC(=O)N(Cc1cccs1)Cc1cccs1.Cl. The lowest BCUT2D eigenvalue weighted by molar-refractivity contribution is 0.0914. The van der Waals surface area contributed by atoms with E-state index < -0.39 is 0 Å². The summed E-state index contributed by atoms with van der Waals surface area (Å²) in [4.78, 5) is 16.5. The predicted octanol–water partition coefficient (Wildman–Crippen LogP) is 4.89. The molecule has 134 valence electrons. The van der Waals surface area contributed by atoms with Crippen molar-refractivity contribution in [3.05, 3.63) is 44.8 Å². The quantitative estimate of drug-likeness (QED) is 0.665. The zero-order valence-corrected chi connectivity index (χ0v) is 16.3. The molecular weight excluding hydrogens is 364 g/mol. The van der Waals surface area contributed by atoms with Crippen molar-refractivity contribution in [2.75, 3.05) is 6.61 Å². The number of unbranched alkanes of at least 4 members (excludes halogenated alkanes) is 1. The molecule has 0 fully saturated rings. The van der Waals surface area contributed by atoms with Gasteiger partial charge in [-0.1, -0.05) is 31.9 Å². The zero-order chi connectivity index (χ0) is 16.5. The molecule has 2 aromatic heterocycles. The van der Waals surface area contributed by atoms with Gasteiger partial charge in [-0.15, -0.1) is 35.1 Å². The molecule has 0 saturated heterocycles. The molecular formula is C17H25ClN2O2S2. The van der Waals surface area contributed by atoms with E-state index in [4.69, 9.17) is 10.5 Å². The van der Waals surface area contributed by atoms with Crippen LogP contribution in [0.25, 0.3) is 0 Å². The third kappa shape index (κ3) is 7.21. The first-order valence-corrected chi connectivity index (χ1v) is 9.67. The highest BCUT2D eigenvalue weighted by Gasteiger charge is 2.18. The van der Waals surface area contributed by atoms with Crippen LogP contribution in [-0.4, -0.2) is 23.6 Å². The molecule has 0 aliphatic heterocycles. The number of rotatable bonds is 9. The second-order valence-electron chi connectivity index (χ2n) is 5.49. The first kappa shape index (κ1) is 21.0. The van der Waals surface area contributed by atoms with Crippen LogP contribution in [-0.2, 0) is 17.8 Å². The van der Waals surface area contributed by atoms with E-state index in [1.807, 2.05) is 35.0 Å². The Morgan fingerprint density at radius 3 is 2.25 bits per heavy atom. The summed E-state index contributed by atoms with van der Waals surface area (Å²) in [7, 11) is 0. The summed E-state index contributed by atoms with van der Waals surface area (Å²) in [5.41, 5.74) is 5.99. The molecule has 2 rings (SSSR count). The molecule has 0 aromatic carbocycles. The maximum absolute atomic E-state index is 12.4. The molecule has 0 aliphatic rings. The number of amides is 1. The van der Waals surface area contributed by atoms with Crippen LogP contribution in [0.5, 0.6) is 0 Å². The molecule has 0 saturated carbocycles. The van der Waals surface area contributed by atoms with Crippen molar-refractivity contribution < 1.29 is 9.53 Å². The molecule has 0 aliphatic carbocycles. The highest BCUT2D eigenvalue weighted by atomic mass is 35.5.